The first-order valence-corrected chi connectivity index (χ1v) is 9.06. The molecule has 1 amide bonds. The summed E-state index contributed by atoms with van der Waals surface area (Å²) >= 11 is 6.73. The molecule has 10 heteroatoms. The van der Waals surface area contributed by atoms with Crippen LogP contribution >= 0.6 is 23.4 Å². The van der Waals surface area contributed by atoms with Crippen LogP contribution in [0, 0.1) is 23.3 Å². The quantitative estimate of drug-likeness (QED) is 0.267. The van der Waals surface area contributed by atoms with Crippen molar-refractivity contribution in [3.8, 4) is 11.3 Å². The molecule has 0 aliphatic carbocycles. The van der Waals surface area contributed by atoms with Gasteiger partial charge in [-0.25, -0.2) is 27.5 Å². The number of nitrogens with zero attached hydrogens (tertiary/aromatic N) is 2. The Balaban J connectivity index is 1.69. The summed E-state index contributed by atoms with van der Waals surface area (Å²) in [5.41, 5.74) is 0.176. The molecule has 0 aliphatic heterocycles. The standard InChI is InChI=1S/C18H10ClF4N3OS/c19-10-3-1-9(2-4-10)13-5-6-24-18(25-13)28-8-14(27)26-17-15(22)11(20)7-12(21)16(17)23/h1-7H,8H2,(H,26,27). The number of rotatable bonds is 5. The number of hydrogen-bond acceptors (Lipinski definition) is 4. The number of anilines is 1. The molecule has 3 rings (SSSR count). The summed E-state index contributed by atoms with van der Waals surface area (Å²) in [6.45, 7) is 0. The van der Waals surface area contributed by atoms with Crippen molar-refractivity contribution in [2.45, 2.75) is 5.16 Å². The van der Waals surface area contributed by atoms with Gasteiger partial charge in [0.1, 0.15) is 5.69 Å². The van der Waals surface area contributed by atoms with E-state index in [-0.39, 0.29) is 17.0 Å². The van der Waals surface area contributed by atoms with Crippen LogP contribution in [-0.4, -0.2) is 21.6 Å². The van der Waals surface area contributed by atoms with Crippen molar-refractivity contribution < 1.29 is 22.4 Å². The topological polar surface area (TPSA) is 54.9 Å². The third-order valence-corrected chi connectivity index (χ3v) is 4.60. The summed E-state index contributed by atoms with van der Waals surface area (Å²) in [5, 5.41) is 2.62. The van der Waals surface area contributed by atoms with Gasteiger partial charge in [-0.2, -0.15) is 0 Å². The maximum Gasteiger partial charge on any atom is 0.235 e. The molecule has 0 radical (unpaired) electrons. The van der Waals surface area contributed by atoms with Crippen LogP contribution < -0.4 is 5.32 Å². The van der Waals surface area contributed by atoms with Crippen LogP contribution in [0.3, 0.4) is 0 Å². The third-order valence-electron chi connectivity index (χ3n) is 3.48. The maximum absolute atomic E-state index is 13.6. The Bertz CT molecular complexity index is 1010. The second-order valence-electron chi connectivity index (χ2n) is 5.41. The molecule has 1 aromatic heterocycles. The first-order valence-electron chi connectivity index (χ1n) is 7.70. The molecule has 0 unspecified atom stereocenters. The van der Waals surface area contributed by atoms with Crippen molar-refractivity contribution in [2.24, 2.45) is 0 Å². The zero-order valence-electron chi connectivity index (χ0n) is 13.8. The van der Waals surface area contributed by atoms with Crippen LogP contribution in [0.1, 0.15) is 0 Å². The predicted molar refractivity (Wildman–Crippen MR) is 98.1 cm³/mol. The SMILES string of the molecule is O=C(CSc1nccc(-c2ccc(Cl)cc2)n1)Nc1c(F)c(F)cc(F)c1F. The smallest absolute Gasteiger partial charge is 0.235 e. The monoisotopic (exact) mass is 427 g/mol. The van der Waals surface area contributed by atoms with Crippen molar-refractivity contribution in [1.29, 1.82) is 0 Å². The van der Waals surface area contributed by atoms with Gasteiger partial charge in [0.05, 0.1) is 11.4 Å². The number of benzene rings is 2. The molecule has 28 heavy (non-hydrogen) atoms. The van der Waals surface area contributed by atoms with Crippen LogP contribution in [0.4, 0.5) is 23.2 Å². The Hall–Kier alpha value is -2.65. The van der Waals surface area contributed by atoms with E-state index in [4.69, 9.17) is 11.6 Å². The first-order chi connectivity index (χ1) is 13.3. The van der Waals surface area contributed by atoms with E-state index in [9.17, 15) is 22.4 Å². The summed E-state index contributed by atoms with van der Waals surface area (Å²) in [5.74, 6) is -7.80. The van der Waals surface area contributed by atoms with Crippen molar-refractivity contribution in [2.75, 3.05) is 11.1 Å². The third kappa shape index (κ3) is 4.60. The largest absolute Gasteiger partial charge is 0.320 e. The van der Waals surface area contributed by atoms with Gasteiger partial charge < -0.3 is 5.32 Å². The number of nitrogens with one attached hydrogen (secondary N) is 1. The van der Waals surface area contributed by atoms with E-state index >= 15 is 0 Å². The molecule has 0 saturated carbocycles. The molecule has 1 heterocycles. The van der Waals surface area contributed by atoms with E-state index in [0.717, 1.165) is 17.3 Å². The van der Waals surface area contributed by atoms with Crippen molar-refractivity contribution >= 4 is 35.0 Å². The highest BCUT2D eigenvalue weighted by Gasteiger charge is 2.21. The zero-order valence-corrected chi connectivity index (χ0v) is 15.4. The lowest BCUT2D eigenvalue weighted by Crippen LogP contribution is -2.17. The molecule has 4 nitrogen and oxygen atoms in total. The fourth-order valence-corrected chi connectivity index (χ4v) is 2.94. The number of aromatic nitrogens is 2. The Morgan fingerprint density at radius 2 is 1.68 bits per heavy atom. The molecular weight excluding hydrogens is 418 g/mol. The molecule has 0 aliphatic rings. The minimum Gasteiger partial charge on any atom is -0.320 e. The van der Waals surface area contributed by atoms with Crippen LogP contribution in [0.25, 0.3) is 11.3 Å². The molecule has 144 valence electrons. The van der Waals surface area contributed by atoms with E-state index in [1.165, 1.54) is 6.20 Å². The molecule has 0 bridgehead atoms. The first kappa shape index (κ1) is 20.1. The molecule has 0 atom stereocenters. The van der Waals surface area contributed by atoms with Gasteiger partial charge in [0.25, 0.3) is 0 Å². The van der Waals surface area contributed by atoms with Gasteiger partial charge in [-0.05, 0) is 18.2 Å². The van der Waals surface area contributed by atoms with E-state index in [0.29, 0.717) is 10.7 Å². The lowest BCUT2D eigenvalue weighted by Gasteiger charge is -2.09. The van der Waals surface area contributed by atoms with Gasteiger partial charge in [-0.3, -0.25) is 4.79 Å². The summed E-state index contributed by atoms with van der Waals surface area (Å²) in [7, 11) is 0. The van der Waals surface area contributed by atoms with E-state index in [1.807, 2.05) is 5.32 Å². The molecule has 0 spiro atoms. The van der Waals surface area contributed by atoms with Crippen LogP contribution in [0.2, 0.25) is 5.02 Å². The number of thioether (sulfide) groups is 1. The van der Waals surface area contributed by atoms with Gasteiger partial charge in [-0.1, -0.05) is 35.5 Å². The lowest BCUT2D eigenvalue weighted by atomic mass is 10.1. The van der Waals surface area contributed by atoms with E-state index in [1.54, 1.807) is 30.3 Å². The highest BCUT2D eigenvalue weighted by atomic mass is 35.5. The van der Waals surface area contributed by atoms with Crippen LogP contribution in [0.5, 0.6) is 0 Å². The normalized spacial score (nSPS) is 10.8. The van der Waals surface area contributed by atoms with E-state index < -0.39 is 34.9 Å². The van der Waals surface area contributed by atoms with Crippen LogP contribution in [-0.2, 0) is 4.79 Å². The average molecular weight is 428 g/mol. The highest BCUT2D eigenvalue weighted by molar-refractivity contribution is 7.99. The lowest BCUT2D eigenvalue weighted by molar-refractivity contribution is -0.113. The minimum atomic E-state index is -1.68. The van der Waals surface area contributed by atoms with Gasteiger partial charge >= 0.3 is 0 Å². The zero-order chi connectivity index (χ0) is 20.3. The van der Waals surface area contributed by atoms with Crippen molar-refractivity contribution in [3.63, 3.8) is 0 Å². The summed E-state index contributed by atoms with van der Waals surface area (Å²) in [6, 6.07) is 8.63. The number of amides is 1. The molecular formula is C18H10ClF4N3OS. The number of carbonyl (C=O) groups is 1. The average Bonchev–Trinajstić information content (AvgIpc) is 2.69. The number of halogens is 5. The number of carbonyl (C=O) groups excluding carboxylic acids is 1. The van der Waals surface area contributed by atoms with Gasteiger partial charge in [0.2, 0.25) is 5.91 Å². The molecule has 0 fully saturated rings. The molecule has 2 aromatic carbocycles. The van der Waals surface area contributed by atoms with E-state index in [2.05, 4.69) is 9.97 Å². The van der Waals surface area contributed by atoms with Gasteiger partial charge in [-0.15, -0.1) is 0 Å². The fourth-order valence-electron chi connectivity index (χ4n) is 2.18. The minimum absolute atomic E-state index is 0.0607. The Morgan fingerprint density at radius 3 is 2.32 bits per heavy atom. The van der Waals surface area contributed by atoms with Crippen LogP contribution in [0.15, 0.2) is 47.8 Å². The fraction of sp³-hybridized carbons (Fsp3) is 0.0556. The highest BCUT2D eigenvalue weighted by Crippen LogP contribution is 2.25. The molecule has 1 N–H and O–H groups in total. The second-order valence-corrected chi connectivity index (χ2v) is 6.79. The maximum atomic E-state index is 13.6. The van der Waals surface area contributed by atoms with Gasteiger partial charge in [0, 0.05) is 22.8 Å². The Kier molecular flexibility index (Phi) is 6.15. The van der Waals surface area contributed by atoms with Crippen molar-refractivity contribution in [1.82, 2.24) is 9.97 Å². The second kappa shape index (κ2) is 8.57. The van der Waals surface area contributed by atoms with Crippen molar-refractivity contribution in [3.05, 3.63) is 70.9 Å². The molecule has 0 saturated heterocycles. The summed E-state index contributed by atoms with van der Waals surface area (Å²) < 4.78 is 53.6. The number of hydrogen-bond donors (Lipinski definition) is 1. The Morgan fingerprint density at radius 1 is 1.04 bits per heavy atom. The summed E-state index contributed by atoms with van der Waals surface area (Å²) in [6.07, 6.45) is 1.48. The van der Waals surface area contributed by atoms with Gasteiger partial charge in [0.15, 0.2) is 28.4 Å². The summed E-state index contributed by atoms with van der Waals surface area (Å²) in [4.78, 5) is 20.2. The predicted octanol–water partition coefficient (Wildman–Crippen LogP) is 5.08. The Labute approximate surface area is 166 Å². The molecule has 3 aromatic rings.